The molecule has 19 heavy (non-hydrogen) atoms. The second-order valence-electron chi connectivity index (χ2n) is 4.25. The first-order chi connectivity index (χ1) is 9.08. The maximum Gasteiger partial charge on any atom is 0.329 e. The Hall–Kier alpha value is -2.08. The van der Waals surface area contributed by atoms with Gasteiger partial charge in [0, 0.05) is 13.7 Å². The van der Waals surface area contributed by atoms with E-state index in [4.69, 9.17) is 14.6 Å². The molecule has 0 saturated carbocycles. The second-order valence-corrected chi connectivity index (χ2v) is 4.25. The van der Waals surface area contributed by atoms with Gasteiger partial charge < -0.3 is 19.5 Å². The third-order valence-electron chi connectivity index (χ3n) is 3.17. The Kier molecular flexibility index (Phi) is 3.71. The van der Waals surface area contributed by atoms with E-state index in [9.17, 15) is 9.59 Å². The Labute approximate surface area is 110 Å². The van der Waals surface area contributed by atoms with Gasteiger partial charge in [-0.05, 0) is 17.7 Å². The lowest BCUT2D eigenvalue weighted by atomic mass is 9.97. The van der Waals surface area contributed by atoms with Crippen molar-refractivity contribution in [1.82, 2.24) is 4.90 Å². The molecule has 1 aliphatic rings. The summed E-state index contributed by atoms with van der Waals surface area (Å²) in [5, 5.41) is 9.09. The first kappa shape index (κ1) is 13.4. The Morgan fingerprint density at radius 3 is 2.42 bits per heavy atom. The summed E-state index contributed by atoms with van der Waals surface area (Å²) in [7, 11) is 2.90. The maximum absolute atomic E-state index is 11.7. The van der Waals surface area contributed by atoms with Gasteiger partial charge in [-0.25, -0.2) is 4.79 Å². The summed E-state index contributed by atoms with van der Waals surface area (Å²) in [5.74, 6) is -0.645. The highest BCUT2D eigenvalue weighted by Gasteiger charge is 2.52. The van der Waals surface area contributed by atoms with Crippen LogP contribution in [0.2, 0.25) is 0 Å². The molecule has 0 radical (unpaired) electrons. The van der Waals surface area contributed by atoms with Gasteiger partial charge in [-0.1, -0.05) is 12.1 Å². The average Bonchev–Trinajstić information content (AvgIpc) is 2.41. The van der Waals surface area contributed by atoms with Crippen LogP contribution in [0.1, 0.15) is 5.56 Å². The van der Waals surface area contributed by atoms with Crippen molar-refractivity contribution >= 4 is 11.9 Å². The molecule has 1 heterocycles. The maximum atomic E-state index is 11.7. The zero-order valence-corrected chi connectivity index (χ0v) is 10.7. The van der Waals surface area contributed by atoms with E-state index in [2.05, 4.69) is 0 Å². The van der Waals surface area contributed by atoms with Crippen molar-refractivity contribution in [3.63, 3.8) is 0 Å². The minimum Gasteiger partial charge on any atom is -0.497 e. The molecule has 1 fully saturated rings. The molecule has 0 aliphatic carbocycles. The topological polar surface area (TPSA) is 76.1 Å². The molecule has 0 spiro atoms. The molecule has 2 rings (SSSR count). The largest absolute Gasteiger partial charge is 0.497 e. The lowest BCUT2D eigenvalue weighted by Crippen LogP contribution is -2.67. The summed E-state index contributed by atoms with van der Waals surface area (Å²) in [5.41, 5.74) is 0.843. The number of carboxylic acids is 1. The quantitative estimate of drug-likeness (QED) is 0.785. The molecule has 6 nitrogen and oxygen atoms in total. The lowest BCUT2D eigenvalue weighted by Gasteiger charge is -2.43. The molecule has 1 aromatic carbocycles. The van der Waals surface area contributed by atoms with Crippen LogP contribution in [0.4, 0.5) is 0 Å². The molecule has 1 aliphatic heterocycles. The summed E-state index contributed by atoms with van der Waals surface area (Å²) in [6.07, 6.45) is -0.879. The predicted octanol–water partition coefficient (Wildman–Crippen LogP) is 0.506. The van der Waals surface area contributed by atoms with E-state index in [0.717, 1.165) is 5.56 Å². The van der Waals surface area contributed by atoms with Crippen LogP contribution in [0.5, 0.6) is 5.75 Å². The monoisotopic (exact) mass is 265 g/mol. The smallest absolute Gasteiger partial charge is 0.329 e. The number of hydrogen-bond donors (Lipinski definition) is 1. The number of likely N-dealkylation sites (tertiary alicyclic amines) is 1. The molecule has 0 bridgehead atoms. The molecule has 1 saturated heterocycles. The van der Waals surface area contributed by atoms with Gasteiger partial charge in [0.25, 0.3) is 5.91 Å². The van der Waals surface area contributed by atoms with Crippen LogP contribution in [0.3, 0.4) is 0 Å². The standard InChI is InChI=1S/C13H15NO5/c1-18-9-5-3-8(4-6-9)7-14-10(13(16)17)11(19-2)12(14)15/h3-6,10-11H,7H2,1-2H3,(H,16,17)/t10-,11+/m0/s1. The van der Waals surface area contributed by atoms with Gasteiger partial charge in [-0.3, -0.25) is 4.79 Å². The van der Waals surface area contributed by atoms with Gasteiger partial charge >= 0.3 is 5.97 Å². The highest BCUT2D eigenvalue weighted by molar-refractivity contribution is 5.98. The molecule has 1 amide bonds. The van der Waals surface area contributed by atoms with Crippen LogP contribution in [-0.2, 0) is 20.9 Å². The van der Waals surface area contributed by atoms with Gasteiger partial charge in [-0.2, -0.15) is 0 Å². The van der Waals surface area contributed by atoms with Crippen molar-refractivity contribution in [2.75, 3.05) is 14.2 Å². The zero-order valence-electron chi connectivity index (χ0n) is 10.7. The van der Waals surface area contributed by atoms with Crippen LogP contribution in [-0.4, -0.2) is 48.2 Å². The first-order valence-electron chi connectivity index (χ1n) is 5.77. The summed E-state index contributed by atoms with van der Waals surface area (Å²) in [6, 6.07) is 6.21. The number of rotatable bonds is 5. The number of aliphatic carboxylic acids is 1. The van der Waals surface area contributed by atoms with Gasteiger partial charge in [0.15, 0.2) is 12.1 Å². The Morgan fingerprint density at radius 1 is 1.32 bits per heavy atom. The van der Waals surface area contributed by atoms with Crippen LogP contribution in [0, 0.1) is 0 Å². The molecule has 1 N–H and O–H groups in total. The minimum atomic E-state index is -1.06. The van der Waals surface area contributed by atoms with E-state index in [1.807, 2.05) is 0 Å². The zero-order chi connectivity index (χ0) is 14.0. The highest BCUT2D eigenvalue weighted by atomic mass is 16.5. The first-order valence-corrected chi connectivity index (χ1v) is 5.77. The Morgan fingerprint density at radius 2 is 1.95 bits per heavy atom. The van der Waals surface area contributed by atoms with Crippen molar-refractivity contribution in [3.05, 3.63) is 29.8 Å². The molecule has 6 heteroatoms. The number of benzene rings is 1. The van der Waals surface area contributed by atoms with E-state index >= 15 is 0 Å². The van der Waals surface area contributed by atoms with Crippen molar-refractivity contribution < 1.29 is 24.2 Å². The van der Waals surface area contributed by atoms with Crippen molar-refractivity contribution in [2.24, 2.45) is 0 Å². The van der Waals surface area contributed by atoms with Crippen molar-refractivity contribution in [3.8, 4) is 5.75 Å². The predicted molar refractivity (Wildman–Crippen MR) is 65.8 cm³/mol. The molecule has 0 unspecified atom stereocenters. The molecule has 1 aromatic rings. The fourth-order valence-electron chi connectivity index (χ4n) is 2.11. The molecule has 2 atom stereocenters. The fourth-order valence-corrected chi connectivity index (χ4v) is 2.11. The van der Waals surface area contributed by atoms with Crippen LogP contribution in [0.15, 0.2) is 24.3 Å². The lowest BCUT2D eigenvalue weighted by molar-refractivity contribution is -0.183. The summed E-state index contributed by atoms with van der Waals surface area (Å²) in [6.45, 7) is 0.250. The van der Waals surface area contributed by atoms with E-state index < -0.39 is 18.1 Å². The number of carbonyl (C=O) groups excluding carboxylic acids is 1. The minimum absolute atomic E-state index is 0.250. The number of methoxy groups -OCH3 is 2. The number of amides is 1. The van der Waals surface area contributed by atoms with Gasteiger partial charge in [0.1, 0.15) is 5.75 Å². The van der Waals surface area contributed by atoms with Crippen molar-refractivity contribution in [1.29, 1.82) is 0 Å². The van der Waals surface area contributed by atoms with Gasteiger partial charge in [-0.15, -0.1) is 0 Å². The van der Waals surface area contributed by atoms with Crippen molar-refractivity contribution in [2.45, 2.75) is 18.7 Å². The normalized spacial score (nSPS) is 22.0. The number of carbonyl (C=O) groups is 2. The Balaban J connectivity index is 2.09. The number of carboxylic acid groups (broad SMARTS) is 1. The van der Waals surface area contributed by atoms with E-state index in [1.165, 1.54) is 12.0 Å². The number of β-lactam (4-membered cyclic amide) rings is 1. The summed E-state index contributed by atoms with van der Waals surface area (Å²) in [4.78, 5) is 24.1. The highest BCUT2D eigenvalue weighted by Crippen LogP contribution is 2.26. The third kappa shape index (κ3) is 2.39. The van der Waals surface area contributed by atoms with Gasteiger partial charge in [0.2, 0.25) is 0 Å². The van der Waals surface area contributed by atoms with E-state index in [-0.39, 0.29) is 12.5 Å². The molecular formula is C13H15NO5. The molecular weight excluding hydrogens is 250 g/mol. The van der Waals surface area contributed by atoms with E-state index in [0.29, 0.717) is 5.75 Å². The van der Waals surface area contributed by atoms with Crippen LogP contribution >= 0.6 is 0 Å². The van der Waals surface area contributed by atoms with Crippen LogP contribution in [0.25, 0.3) is 0 Å². The fraction of sp³-hybridized carbons (Fsp3) is 0.385. The third-order valence-corrected chi connectivity index (χ3v) is 3.17. The van der Waals surface area contributed by atoms with Crippen LogP contribution < -0.4 is 4.74 Å². The SMILES string of the molecule is COc1ccc(CN2C(=O)[C@H](OC)[C@H]2C(=O)O)cc1. The second kappa shape index (κ2) is 5.27. The summed E-state index contributed by atoms with van der Waals surface area (Å²) >= 11 is 0. The average molecular weight is 265 g/mol. The number of ether oxygens (including phenoxy) is 2. The van der Waals surface area contributed by atoms with E-state index in [1.54, 1.807) is 31.4 Å². The summed E-state index contributed by atoms with van der Waals surface area (Å²) < 4.78 is 9.92. The van der Waals surface area contributed by atoms with Gasteiger partial charge in [0.05, 0.1) is 7.11 Å². The Bertz CT molecular complexity index is 484. The molecule has 102 valence electrons. The number of hydrogen-bond acceptors (Lipinski definition) is 4. The number of nitrogens with zero attached hydrogens (tertiary/aromatic N) is 1. The molecule has 0 aromatic heterocycles.